The molecule has 0 spiro atoms. The lowest BCUT2D eigenvalue weighted by Gasteiger charge is -2.11. The smallest absolute Gasteiger partial charge is 0.115 e. The van der Waals surface area contributed by atoms with Crippen molar-refractivity contribution in [1.82, 2.24) is 20.1 Å². The Morgan fingerprint density at radius 3 is 2.88 bits per heavy atom. The first-order valence-electron chi connectivity index (χ1n) is 8.97. The molecule has 0 amide bonds. The van der Waals surface area contributed by atoms with Crippen molar-refractivity contribution in [2.45, 2.75) is 45.2 Å². The summed E-state index contributed by atoms with van der Waals surface area (Å²) in [6, 6.07) is 6.56. The highest BCUT2D eigenvalue weighted by atomic mass is 16.5. The van der Waals surface area contributed by atoms with Gasteiger partial charge in [-0.1, -0.05) is 25.8 Å². The van der Waals surface area contributed by atoms with E-state index >= 15 is 0 Å². The number of pyridine rings is 1. The predicted molar refractivity (Wildman–Crippen MR) is 95.7 cm³/mol. The highest BCUT2D eigenvalue weighted by molar-refractivity contribution is 5.58. The summed E-state index contributed by atoms with van der Waals surface area (Å²) in [6.45, 7) is 4.72. The van der Waals surface area contributed by atoms with Gasteiger partial charge < -0.3 is 10.1 Å². The molecule has 1 saturated carbocycles. The Balaban J connectivity index is 1.75. The first-order valence-corrected chi connectivity index (χ1v) is 8.97. The average molecular weight is 328 g/mol. The second-order valence-electron chi connectivity index (χ2n) is 6.83. The maximum atomic E-state index is 5.20. The van der Waals surface area contributed by atoms with Crippen LogP contribution in [0.2, 0.25) is 0 Å². The van der Waals surface area contributed by atoms with Crippen LogP contribution in [0, 0.1) is 5.92 Å². The van der Waals surface area contributed by atoms with Crippen LogP contribution in [0.1, 0.15) is 44.2 Å². The Hall–Kier alpha value is -1.72. The Kier molecular flexibility index (Phi) is 5.99. The van der Waals surface area contributed by atoms with E-state index in [4.69, 9.17) is 9.84 Å². The van der Waals surface area contributed by atoms with Crippen molar-refractivity contribution in [2.75, 3.05) is 20.3 Å². The molecule has 0 radical (unpaired) electrons. The molecule has 1 aliphatic carbocycles. The first kappa shape index (κ1) is 17.1. The van der Waals surface area contributed by atoms with E-state index in [9.17, 15) is 0 Å². The van der Waals surface area contributed by atoms with Crippen molar-refractivity contribution in [3.8, 4) is 11.4 Å². The fourth-order valence-corrected chi connectivity index (χ4v) is 3.43. The largest absolute Gasteiger partial charge is 0.384 e. The molecule has 1 aliphatic rings. The zero-order valence-electron chi connectivity index (χ0n) is 14.7. The summed E-state index contributed by atoms with van der Waals surface area (Å²) in [5.74, 6) is 0.498. The van der Waals surface area contributed by atoms with Gasteiger partial charge in [0.1, 0.15) is 5.69 Å². The zero-order chi connectivity index (χ0) is 16.8. The Morgan fingerprint density at radius 2 is 2.17 bits per heavy atom. The van der Waals surface area contributed by atoms with Crippen molar-refractivity contribution in [3.63, 3.8) is 0 Å². The van der Waals surface area contributed by atoms with Crippen LogP contribution >= 0.6 is 0 Å². The number of ether oxygens (including phenoxy) is 1. The van der Waals surface area contributed by atoms with E-state index < -0.39 is 0 Å². The monoisotopic (exact) mass is 328 g/mol. The standard InChI is InChI=1S/C19H28N4O/c1-15(14-24-2)11-20-12-16-13-23(17-7-3-4-8-17)22-19(16)18-9-5-6-10-21-18/h5-6,9-10,13,15,17,20H,3-4,7-8,11-12,14H2,1-2H3. The van der Waals surface area contributed by atoms with Gasteiger partial charge in [0.2, 0.25) is 0 Å². The summed E-state index contributed by atoms with van der Waals surface area (Å²) in [5, 5.41) is 8.43. The first-order chi connectivity index (χ1) is 11.8. The van der Waals surface area contributed by atoms with Gasteiger partial charge >= 0.3 is 0 Å². The third kappa shape index (κ3) is 4.22. The summed E-state index contributed by atoms with van der Waals surface area (Å²) in [5.41, 5.74) is 3.19. The molecular formula is C19H28N4O. The molecule has 1 atom stereocenters. The number of hydrogen-bond acceptors (Lipinski definition) is 4. The van der Waals surface area contributed by atoms with Crippen molar-refractivity contribution in [2.24, 2.45) is 5.92 Å². The van der Waals surface area contributed by atoms with Gasteiger partial charge in [-0.25, -0.2) is 0 Å². The molecule has 5 nitrogen and oxygen atoms in total. The summed E-state index contributed by atoms with van der Waals surface area (Å²) < 4.78 is 7.38. The molecule has 0 aliphatic heterocycles. The molecule has 0 saturated heterocycles. The van der Waals surface area contributed by atoms with E-state index in [1.54, 1.807) is 7.11 Å². The molecule has 2 aromatic rings. The highest BCUT2D eigenvalue weighted by Gasteiger charge is 2.20. The van der Waals surface area contributed by atoms with Crippen LogP contribution in [0.15, 0.2) is 30.6 Å². The van der Waals surface area contributed by atoms with Gasteiger partial charge in [0.15, 0.2) is 0 Å². The molecule has 5 heteroatoms. The van der Waals surface area contributed by atoms with E-state index in [1.807, 2.05) is 24.4 Å². The van der Waals surface area contributed by atoms with Crippen LogP contribution in [-0.2, 0) is 11.3 Å². The number of methoxy groups -OCH3 is 1. The van der Waals surface area contributed by atoms with Gasteiger partial charge in [0, 0.05) is 44.8 Å². The van der Waals surface area contributed by atoms with Crippen LogP contribution < -0.4 is 5.32 Å². The molecule has 0 aromatic carbocycles. The summed E-state index contributed by atoms with van der Waals surface area (Å²) >= 11 is 0. The Labute approximate surface area is 144 Å². The van der Waals surface area contributed by atoms with Crippen LogP contribution in [0.5, 0.6) is 0 Å². The molecule has 1 fully saturated rings. The number of rotatable bonds is 8. The molecule has 2 aromatic heterocycles. The molecular weight excluding hydrogens is 300 g/mol. The number of nitrogens with one attached hydrogen (secondary N) is 1. The van der Waals surface area contributed by atoms with E-state index in [2.05, 4.69) is 28.1 Å². The lowest BCUT2D eigenvalue weighted by molar-refractivity contribution is 0.158. The molecule has 2 heterocycles. The zero-order valence-corrected chi connectivity index (χ0v) is 14.7. The number of hydrogen-bond donors (Lipinski definition) is 1. The van der Waals surface area contributed by atoms with Gasteiger partial charge in [-0.05, 0) is 30.9 Å². The topological polar surface area (TPSA) is 52.0 Å². The summed E-state index contributed by atoms with van der Waals surface area (Å²) in [4.78, 5) is 4.50. The fraction of sp³-hybridized carbons (Fsp3) is 0.579. The number of nitrogens with zero attached hydrogens (tertiary/aromatic N) is 3. The Bertz CT molecular complexity index is 620. The number of aromatic nitrogens is 3. The molecule has 0 bridgehead atoms. The van der Waals surface area contributed by atoms with E-state index in [-0.39, 0.29) is 0 Å². The fourth-order valence-electron chi connectivity index (χ4n) is 3.43. The lowest BCUT2D eigenvalue weighted by Crippen LogP contribution is -2.23. The van der Waals surface area contributed by atoms with Crippen molar-refractivity contribution in [1.29, 1.82) is 0 Å². The van der Waals surface area contributed by atoms with Gasteiger partial charge in [0.05, 0.1) is 11.7 Å². The minimum Gasteiger partial charge on any atom is -0.384 e. The third-order valence-electron chi connectivity index (χ3n) is 4.67. The second kappa shape index (κ2) is 8.40. The van der Waals surface area contributed by atoms with Crippen LogP contribution in [-0.4, -0.2) is 35.0 Å². The quantitative estimate of drug-likeness (QED) is 0.806. The third-order valence-corrected chi connectivity index (χ3v) is 4.67. The van der Waals surface area contributed by atoms with Crippen molar-refractivity contribution >= 4 is 0 Å². The maximum Gasteiger partial charge on any atom is 0.115 e. The molecule has 1 N–H and O–H groups in total. The summed E-state index contributed by atoms with van der Waals surface area (Å²) in [6.07, 6.45) is 9.15. The van der Waals surface area contributed by atoms with Gasteiger partial charge in [-0.2, -0.15) is 5.10 Å². The molecule has 3 rings (SSSR count). The lowest BCUT2D eigenvalue weighted by atomic mass is 10.1. The minimum atomic E-state index is 0.498. The molecule has 130 valence electrons. The van der Waals surface area contributed by atoms with E-state index in [0.717, 1.165) is 31.1 Å². The second-order valence-corrected chi connectivity index (χ2v) is 6.83. The van der Waals surface area contributed by atoms with Gasteiger partial charge in [0.25, 0.3) is 0 Å². The van der Waals surface area contributed by atoms with Crippen molar-refractivity contribution < 1.29 is 4.74 Å². The minimum absolute atomic E-state index is 0.498. The molecule has 1 unspecified atom stereocenters. The van der Waals surface area contributed by atoms with Crippen LogP contribution in [0.25, 0.3) is 11.4 Å². The van der Waals surface area contributed by atoms with Crippen LogP contribution in [0.3, 0.4) is 0 Å². The summed E-state index contributed by atoms with van der Waals surface area (Å²) in [7, 11) is 1.75. The predicted octanol–water partition coefficient (Wildman–Crippen LogP) is 3.43. The average Bonchev–Trinajstić information content (AvgIpc) is 3.25. The van der Waals surface area contributed by atoms with E-state index in [0.29, 0.717) is 12.0 Å². The van der Waals surface area contributed by atoms with Gasteiger partial charge in [-0.15, -0.1) is 0 Å². The van der Waals surface area contributed by atoms with Gasteiger partial charge in [-0.3, -0.25) is 9.67 Å². The van der Waals surface area contributed by atoms with E-state index in [1.165, 1.54) is 31.2 Å². The SMILES string of the molecule is COCC(C)CNCc1cn(C2CCCC2)nc1-c1ccccn1. The van der Waals surface area contributed by atoms with Crippen molar-refractivity contribution in [3.05, 3.63) is 36.2 Å². The Morgan fingerprint density at radius 1 is 1.33 bits per heavy atom. The highest BCUT2D eigenvalue weighted by Crippen LogP contribution is 2.31. The molecule has 24 heavy (non-hydrogen) atoms. The van der Waals surface area contributed by atoms with Crippen LogP contribution in [0.4, 0.5) is 0 Å². The normalized spacial score (nSPS) is 16.6. The maximum absolute atomic E-state index is 5.20.